The zero-order valence-electron chi connectivity index (χ0n) is 11.4. The molecule has 1 unspecified atom stereocenters. The van der Waals surface area contributed by atoms with E-state index >= 15 is 0 Å². The van der Waals surface area contributed by atoms with Crippen molar-refractivity contribution in [1.82, 2.24) is 9.97 Å². The van der Waals surface area contributed by atoms with Gasteiger partial charge in [-0.2, -0.15) is 4.98 Å². The molecule has 1 aliphatic carbocycles. The van der Waals surface area contributed by atoms with Crippen LogP contribution in [0.2, 0.25) is 0 Å². The highest BCUT2D eigenvalue weighted by Crippen LogP contribution is 2.33. The maximum absolute atomic E-state index is 6.06. The van der Waals surface area contributed by atoms with Crippen molar-refractivity contribution >= 4 is 17.6 Å². The minimum absolute atomic E-state index is 0.0592. The second-order valence-corrected chi connectivity index (χ2v) is 5.59. The lowest BCUT2D eigenvalue weighted by Crippen LogP contribution is -2.16. The Morgan fingerprint density at radius 3 is 3.00 bits per heavy atom. The summed E-state index contributed by atoms with van der Waals surface area (Å²) in [6.07, 6.45) is 5.25. The number of fused-ring (bicyclic) bond motifs is 1. The first kappa shape index (κ1) is 13.2. The largest absolute Gasteiger partial charge is 0.469 e. The van der Waals surface area contributed by atoms with Gasteiger partial charge in [0.15, 0.2) is 5.16 Å². The molecule has 0 fully saturated rings. The van der Waals surface area contributed by atoms with Crippen molar-refractivity contribution in [3.8, 4) is 5.88 Å². The highest BCUT2D eigenvalue weighted by atomic mass is 32.2. The van der Waals surface area contributed by atoms with Crippen LogP contribution in [0.3, 0.4) is 0 Å². The van der Waals surface area contributed by atoms with Crippen molar-refractivity contribution in [2.24, 2.45) is 0 Å². The van der Waals surface area contributed by atoms with E-state index in [0.717, 1.165) is 19.3 Å². The number of hydrogen-bond acceptors (Lipinski definition) is 5. The van der Waals surface area contributed by atoms with Gasteiger partial charge in [-0.25, -0.2) is 4.98 Å². The number of aromatic nitrogens is 2. The number of benzene rings is 1. The first-order chi connectivity index (χ1) is 9.76. The molecule has 4 nitrogen and oxygen atoms in total. The Morgan fingerprint density at radius 2 is 2.15 bits per heavy atom. The number of hydrogen-bond donors (Lipinski definition) is 1. The topological polar surface area (TPSA) is 61.0 Å². The third kappa shape index (κ3) is 2.72. The molecule has 1 aliphatic rings. The van der Waals surface area contributed by atoms with Crippen molar-refractivity contribution in [3.05, 3.63) is 41.5 Å². The molecule has 2 N–H and O–H groups in total. The Balaban J connectivity index is 1.87. The molecule has 0 bridgehead atoms. The van der Waals surface area contributed by atoms with Crippen LogP contribution in [0.5, 0.6) is 5.88 Å². The van der Waals surface area contributed by atoms with Gasteiger partial charge in [0.25, 0.3) is 0 Å². The zero-order chi connectivity index (χ0) is 13.9. The number of nitrogen functional groups attached to an aromatic ring is 1. The summed E-state index contributed by atoms with van der Waals surface area (Å²) in [5, 5.41) is 0.643. The molecular weight excluding hydrogens is 270 g/mol. The summed E-state index contributed by atoms with van der Waals surface area (Å²) >= 11 is 1.46. The van der Waals surface area contributed by atoms with Gasteiger partial charge in [-0.1, -0.05) is 36.0 Å². The summed E-state index contributed by atoms with van der Waals surface area (Å²) in [5.74, 6) is 1.01. The second kappa shape index (κ2) is 5.71. The van der Waals surface area contributed by atoms with Crippen LogP contribution < -0.4 is 10.5 Å². The molecule has 0 amide bonds. The molecule has 2 aromatic rings. The van der Waals surface area contributed by atoms with Gasteiger partial charge in [-0.3, -0.25) is 0 Å². The third-order valence-electron chi connectivity index (χ3n) is 3.46. The zero-order valence-corrected chi connectivity index (χ0v) is 12.2. The SMILES string of the molecule is CSc1nc(N)cc(OC2CCCc3ccccc32)n1. The van der Waals surface area contributed by atoms with Crippen molar-refractivity contribution in [2.45, 2.75) is 30.5 Å². The number of nitrogens with zero attached hydrogens (tertiary/aromatic N) is 2. The summed E-state index contributed by atoms with van der Waals surface area (Å²) in [6.45, 7) is 0. The number of aryl methyl sites for hydroxylation is 1. The Bertz CT molecular complexity index is 618. The van der Waals surface area contributed by atoms with Crippen molar-refractivity contribution in [1.29, 1.82) is 0 Å². The van der Waals surface area contributed by atoms with Gasteiger partial charge < -0.3 is 10.5 Å². The number of thioether (sulfide) groups is 1. The molecule has 3 rings (SSSR count). The van der Waals surface area contributed by atoms with E-state index in [0.29, 0.717) is 16.9 Å². The Morgan fingerprint density at radius 1 is 1.30 bits per heavy atom. The van der Waals surface area contributed by atoms with Gasteiger partial charge in [0.1, 0.15) is 11.9 Å². The summed E-state index contributed by atoms with van der Waals surface area (Å²) in [7, 11) is 0. The molecule has 1 aromatic heterocycles. The normalized spacial score (nSPS) is 17.6. The predicted octanol–water partition coefficient (Wildman–Crippen LogP) is 3.24. The van der Waals surface area contributed by atoms with Gasteiger partial charge in [-0.15, -0.1) is 0 Å². The van der Waals surface area contributed by atoms with Crippen LogP contribution in [-0.2, 0) is 6.42 Å². The quantitative estimate of drug-likeness (QED) is 0.693. The van der Waals surface area contributed by atoms with Gasteiger partial charge >= 0.3 is 0 Å². The maximum Gasteiger partial charge on any atom is 0.220 e. The standard InChI is InChI=1S/C15H17N3OS/c1-20-15-17-13(16)9-14(18-15)19-12-8-4-6-10-5-2-3-7-11(10)12/h2-3,5,7,9,12H,4,6,8H2,1H3,(H2,16,17,18). The summed E-state index contributed by atoms with van der Waals surface area (Å²) in [5.41, 5.74) is 8.43. The van der Waals surface area contributed by atoms with Gasteiger partial charge in [0, 0.05) is 6.07 Å². The van der Waals surface area contributed by atoms with E-state index in [9.17, 15) is 0 Å². The number of ether oxygens (including phenoxy) is 1. The number of rotatable bonds is 3. The first-order valence-corrected chi connectivity index (χ1v) is 7.92. The number of anilines is 1. The fourth-order valence-corrected chi connectivity index (χ4v) is 2.93. The highest BCUT2D eigenvalue weighted by molar-refractivity contribution is 7.98. The van der Waals surface area contributed by atoms with Crippen molar-refractivity contribution < 1.29 is 4.74 Å². The third-order valence-corrected chi connectivity index (χ3v) is 4.01. The van der Waals surface area contributed by atoms with E-state index in [2.05, 4.69) is 34.2 Å². The van der Waals surface area contributed by atoms with Crippen LogP contribution in [0.15, 0.2) is 35.5 Å². The highest BCUT2D eigenvalue weighted by Gasteiger charge is 2.22. The fourth-order valence-electron chi connectivity index (χ4n) is 2.55. The van der Waals surface area contributed by atoms with Crippen LogP contribution in [0.1, 0.15) is 30.1 Å². The van der Waals surface area contributed by atoms with Crippen LogP contribution in [0.4, 0.5) is 5.82 Å². The smallest absolute Gasteiger partial charge is 0.220 e. The van der Waals surface area contributed by atoms with Crippen LogP contribution >= 0.6 is 11.8 Å². The summed E-state index contributed by atoms with van der Waals surface area (Å²) in [4.78, 5) is 8.51. The first-order valence-electron chi connectivity index (χ1n) is 6.69. The van der Waals surface area contributed by atoms with Gasteiger partial charge in [-0.05, 0) is 36.6 Å². The minimum atomic E-state index is 0.0592. The predicted molar refractivity (Wildman–Crippen MR) is 81.0 cm³/mol. The summed E-state index contributed by atoms with van der Waals surface area (Å²) in [6, 6.07) is 10.1. The van der Waals surface area contributed by atoms with E-state index in [1.807, 2.05) is 6.26 Å². The molecule has 1 atom stereocenters. The lowest BCUT2D eigenvalue weighted by molar-refractivity contribution is 0.174. The number of nitrogens with two attached hydrogens (primary N) is 1. The Kier molecular flexibility index (Phi) is 3.78. The average Bonchev–Trinajstić information content (AvgIpc) is 2.47. The fraction of sp³-hybridized carbons (Fsp3) is 0.333. The molecule has 0 aliphatic heterocycles. The minimum Gasteiger partial charge on any atom is -0.469 e. The molecule has 0 spiro atoms. The molecule has 5 heteroatoms. The average molecular weight is 287 g/mol. The van der Waals surface area contributed by atoms with E-state index in [4.69, 9.17) is 10.5 Å². The van der Waals surface area contributed by atoms with E-state index < -0.39 is 0 Å². The van der Waals surface area contributed by atoms with Gasteiger partial charge in [0.05, 0.1) is 0 Å². The monoisotopic (exact) mass is 287 g/mol. The molecule has 0 radical (unpaired) electrons. The van der Waals surface area contributed by atoms with E-state index in [1.54, 1.807) is 6.07 Å². The Hall–Kier alpha value is -1.75. The Labute approximate surface area is 122 Å². The molecule has 20 heavy (non-hydrogen) atoms. The maximum atomic E-state index is 6.06. The van der Waals surface area contributed by atoms with Crippen LogP contribution in [0, 0.1) is 0 Å². The van der Waals surface area contributed by atoms with Crippen LogP contribution in [-0.4, -0.2) is 16.2 Å². The molecule has 0 saturated heterocycles. The lowest BCUT2D eigenvalue weighted by atomic mass is 9.89. The van der Waals surface area contributed by atoms with Crippen molar-refractivity contribution in [2.75, 3.05) is 12.0 Å². The summed E-state index contributed by atoms with van der Waals surface area (Å²) < 4.78 is 6.06. The van der Waals surface area contributed by atoms with E-state index in [1.165, 1.54) is 22.9 Å². The van der Waals surface area contributed by atoms with Crippen LogP contribution in [0.25, 0.3) is 0 Å². The lowest BCUT2D eigenvalue weighted by Gasteiger charge is -2.25. The molecular formula is C15H17N3OS. The van der Waals surface area contributed by atoms with Gasteiger partial charge in [0.2, 0.25) is 5.88 Å². The molecule has 104 valence electrons. The molecule has 0 saturated carbocycles. The molecule has 1 heterocycles. The van der Waals surface area contributed by atoms with E-state index in [-0.39, 0.29) is 6.10 Å². The molecule has 1 aromatic carbocycles. The van der Waals surface area contributed by atoms with Crippen molar-refractivity contribution in [3.63, 3.8) is 0 Å². The second-order valence-electron chi connectivity index (χ2n) is 4.82.